The zero-order valence-corrected chi connectivity index (χ0v) is 17.4. The average molecular weight is 396 g/mol. The highest BCUT2D eigenvalue weighted by molar-refractivity contribution is 5.74. The van der Waals surface area contributed by atoms with Crippen LogP contribution in [0.2, 0.25) is 0 Å². The molecule has 4 rings (SSSR count). The number of oxazole rings is 1. The zero-order chi connectivity index (χ0) is 20.4. The van der Waals surface area contributed by atoms with Gasteiger partial charge in [0, 0.05) is 51.4 Å². The molecule has 2 heterocycles. The second kappa shape index (κ2) is 8.43. The Labute approximate surface area is 171 Å². The summed E-state index contributed by atoms with van der Waals surface area (Å²) in [6.45, 7) is 10.9. The first kappa shape index (κ1) is 19.7. The summed E-state index contributed by atoms with van der Waals surface area (Å²) in [6, 6.07) is 12.0. The quantitative estimate of drug-likeness (QED) is 0.691. The van der Waals surface area contributed by atoms with E-state index in [4.69, 9.17) is 9.15 Å². The van der Waals surface area contributed by atoms with E-state index in [1.165, 1.54) is 16.8 Å². The van der Waals surface area contributed by atoms with E-state index in [1.807, 2.05) is 25.1 Å². The molecule has 2 aromatic carbocycles. The molecule has 6 nitrogen and oxygen atoms in total. The predicted molar refractivity (Wildman–Crippen MR) is 115 cm³/mol. The van der Waals surface area contributed by atoms with Crippen LogP contribution in [0.25, 0.3) is 11.1 Å². The van der Waals surface area contributed by atoms with Crippen molar-refractivity contribution in [1.82, 2.24) is 9.88 Å². The van der Waals surface area contributed by atoms with Crippen molar-refractivity contribution in [1.29, 1.82) is 0 Å². The number of piperazine rings is 1. The first-order valence-corrected chi connectivity index (χ1v) is 10.2. The van der Waals surface area contributed by atoms with E-state index in [9.17, 15) is 5.11 Å². The van der Waals surface area contributed by atoms with Crippen molar-refractivity contribution < 1.29 is 14.3 Å². The molecule has 3 aromatic rings. The molecule has 0 aliphatic carbocycles. The van der Waals surface area contributed by atoms with Crippen molar-refractivity contribution in [3.63, 3.8) is 0 Å². The van der Waals surface area contributed by atoms with Crippen LogP contribution in [0.1, 0.15) is 17.0 Å². The van der Waals surface area contributed by atoms with E-state index in [2.05, 4.69) is 46.8 Å². The molecule has 1 N–H and O–H groups in total. The minimum atomic E-state index is -0.531. The molecule has 1 unspecified atom stereocenters. The van der Waals surface area contributed by atoms with Crippen LogP contribution in [0, 0.1) is 20.8 Å². The average Bonchev–Trinajstić information content (AvgIpc) is 3.07. The largest absolute Gasteiger partial charge is 0.491 e. The monoisotopic (exact) mass is 395 g/mol. The third-order valence-corrected chi connectivity index (χ3v) is 5.51. The number of aryl methyl sites for hydroxylation is 3. The van der Waals surface area contributed by atoms with Crippen molar-refractivity contribution >= 4 is 16.8 Å². The second-order valence-electron chi connectivity index (χ2n) is 7.86. The van der Waals surface area contributed by atoms with Crippen LogP contribution in [-0.4, -0.2) is 60.4 Å². The molecule has 0 radical (unpaired) electrons. The summed E-state index contributed by atoms with van der Waals surface area (Å²) in [5.41, 5.74) is 5.53. The van der Waals surface area contributed by atoms with Crippen molar-refractivity contribution in [3.05, 3.63) is 53.4 Å². The first-order chi connectivity index (χ1) is 14.0. The number of para-hydroxylation sites is 1. The van der Waals surface area contributed by atoms with E-state index >= 15 is 0 Å². The Bertz CT molecular complexity index is 956. The number of nitrogens with zero attached hydrogens (tertiary/aromatic N) is 3. The van der Waals surface area contributed by atoms with Gasteiger partial charge in [-0.15, -0.1) is 0 Å². The highest BCUT2D eigenvalue weighted by atomic mass is 16.5. The third-order valence-electron chi connectivity index (χ3n) is 5.51. The molecule has 0 spiro atoms. The van der Waals surface area contributed by atoms with E-state index in [1.54, 1.807) is 0 Å². The smallest absolute Gasteiger partial charge is 0.192 e. The minimum Gasteiger partial charge on any atom is -0.491 e. The Hall–Kier alpha value is -2.57. The van der Waals surface area contributed by atoms with Crippen LogP contribution in [0.15, 0.2) is 40.8 Å². The maximum atomic E-state index is 10.4. The summed E-state index contributed by atoms with van der Waals surface area (Å²) in [5, 5.41) is 10.4. The van der Waals surface area contributed by atoms with Crippen molar-refractivity contribution in [2.75, 3.05) is 44.2 Å². The lowest BCUT2D eigenvalue weighted by Crippen LogP contribution is -2.49. The maximum Gasteiger partial charge on any atom is 0.192 e. The van der Waals surface area contributed by atoms with Gasteiger partial charge in [-0.05, 0) is 37.1 Å². The van der Waals surface area contributed by atoms with Crippen LogP contribution in [0.3, 0.4) is 0 Å². The number of β-amino-alcohol motifs (C(OH)–C–C–N with tert-alkyl or cyclic N) is 1. The topological polar surface area (TPSA) is 62.0 Å². The maximum absolute atomic E-state index is 10.4. The Morgan fingerprint density at radius 3 is 2.52 bits per heavy atom. The number of aliphatic hydroxyl groups is 1. The summed E-state index contributed by atoms with van der Waals surface area (Å²) in [7, 11) is 0. The van der Waals surface area contributed by atoms with Crippen molar-refractivity contribution in [2.24, 2.45) is 0 Å². The van der Waals surface area contributed by atoms with Gasteiger partial charge >= 0.3 is 0 Å². The minimum absolute atomic E-state index is 0.263. The summed E-state index contributed by atoms with van der Waals surface area (Å²) in [4.78, 5) is 9.08. The first-order valence-electron chi connectivity index (χ1n) is 10.2. The molecule has 6 heteroatoms. The number of aromatic nitrogens is 1. The Balaban J connectivity index is 1.26. The predicted octanol–water partition coefficient (Wildman–Crippen LogP) is 3.31. The van der Waals surface area contributed by atoms with Crippen LogP contribution in [-0.2, 0) is 0 Å². The fraction of sp³-hybridized carbons (Fsp3) is 0.435. The number of hydrogen-bond acceptors (Lipinski definition) is 6. The lowest BCUT2D eigenvalue weighted by atomic mass is 10.1. The third kappa shape index (κ3) is 4.54. The lowest BCUT2D eigenvalue weighted by Gasteiger charge is -2.38. The molecule has 29 heavy (non-hydrogen) atoms. The van der Waals surface area contributed by atoms with Crippen molar-refractivity contribution in [3.8, 4) is 5.75 Å². The fourth-order valence-electron chi connectivity index (χ4n) is 4.11. The summed E-state index contributed by atoms with van der Waals surface area (Å²) < 4.78 is 11.3. The van der Waals surface area contributed by atoms with Crippen molar-refractivity contribution in [2.45, 2.75) is 26.9 Å². The van der Waals surface area contributed by atoms with E-state index < -0.39 is 6.10 Å². The molecule has 1 aliphatic rings. The normalized spacial score (nSPS) is 16.3. The SMILES string of the molecule is Cc1nc2cc(OCC(O)CN3CCN(c4c(C)cccc4C)CC3)ccc2o1. The van der Waals surface area contributed by atoms with Gasteiger partial charge in [0.05, 0.1) is 0 Å². The number of benzene rings is 2. The molecule has 1 fully saturated rings. The Kier molecular flexibility index (Phi) is 5.74. The standard InChI is InChI=1S/C23H29N3O3/c1-16-5-4-6-17(2)23(16)26-11-9-25(10-12-26)14-19(27)15-28-20-7-8-22-21(13-20)24-18(3)29-22/h4-8,13,19,27H,9-12,14-15H2,1-3H3. The van der Waals surface area contributed by atoms with Gasteiger partial charge in [-0.2, -0.15) is 0 Å². The molecule has 154 valence electrons. The summed E-state index contributed by atoms with van der Waals surface area (Å²) >= 11 is 0. The van der Waals surface area contributed by atoms with Crippen LogP contribution >= 0.6 is 0 Å². The molecule has 0 saturated carbocycles. The lowest BCUT2D eigenvalue weighted by molar-refractivity contribution is 0.0663. The molecule has 1 aromatic heterocycles. The van der Waals surface area contributed by atoms with Gasteiger partial charge in [0.2, 0.25) is 0 Å². The summed E-state index contributed by atoms with van der Waals surface area (Å²) in [6.07, 6.45) is -0.531. The van der Waals surface area contributed by atoms with Crippen LogP contribution in [0.4, 0.5) is 5.69 Å². The van der Waals surface area contributed by atoms with Gasteiger partial charge in [-0.1, -0.05) is 18.2 Å². The molecular weight excluding hydrogens is 366 g/mol. The molecule has 1 saturated heterocycles. The number of aliphatic hydroxyl groups excluding tert-OH is 1. The van der Waals surface area contributed by atoms with Gasteiger partial charge < -0.3 is 19.2 Å². The van der Waals surface area contributed by atoms with Crippen LogP contribution < -0.4 is 9.64 Å². The Morgan fingerprint density at radius 2 is 1.79 bits per heavy atom. The van der Waals surface area contributed by atoms with E-state index in [0.29, 0.717) is 18.2 Å². The van der Waals surface area contributed by atoms with Gasteiger partial charge in [0.1, 0.15) is 24.0 Å². The number of rotatable bonds is 6. The van der Waals surface area contributed by atoms with Gasteiger partial charge in [0.15, 0.2) is 11.5 Å². The van der Waals surface area contributed by atoms with Gasteiger partial charge in [0.25, 0.3) is 0 Å². The molecular formula is C23H29N3O3. The van der Waals surface area contributed by atoms with Crippen LogP contribution in [0.5, 0.6) is 5.75 Å². The molecule has 1 atom stereocenters. The van der Waals surface area contributed by atoms with E-state index in [-0.39, 0.29) is 6.61 Å². The zero-order valence-electron chi connectivity index (χ0n) is 17.4. The fourth-order valence-corrected chi connectivity index (χ4v) is 4.11. The molecule has 0 amide bonds. The number of hydrogen-bond donors (Lipinski definition) is 1. The number of anilines is 1. The second-order valence-corrected chi connectivity index (χ2v) is 7.86. The molecule has 0 bridgehead atoms. The van der Waals surface area contributed by atoms with Gasteiger partial charge in [-0.25, -0.2) is 4.98 Å². The highest BCUT2D eigenvalue weighted by Gasteiger charge is 2.21. The van der Waals surface area contributed by atoms with Gasteiger partial charge in [-0.3, -0.25) is 4.90 Å². The number of fused-ring (bicyclic) bond motifs is 1. The van der Waals surface area contributed by atoms with E-state index in [0.717, 1.165) is 37.3 Å². The number of ether oxygens (including phenoxy) is 1. The summed E-state index contributed by atoms with van der Waals surface area (Å²) in [5.74, 6) is 1.34. The highest BCUT2D eigenvalue weighted by Crippen LogP contribution is 2.25. The molecule has 1 aliphatic heterocycles. The Morgan fingerprint density at radius 1 is 1.07 bits per heavy atom.